The second kappa shape index (κ2) is 8.65. The third-order valence-corrected chi connectivity index (χ3v) is 3.61. The molecular weight excluding hydrogens is 355 g/mol. The fraction of sp³-hybridized carbons (Fsp3) is 0.438. The van der Waals surface area contributed by atoms with Gasteiger partial charge in [-0.05, 0) is 11.5 Å². The molecule has 26 heavy (non-hydrogen) atoms. The van der Waals surface area contributed by atoms with Gasteiger partial charge in [0.2, 0.25) is 0 Å². The molecule has 0 saturated heterocycles. The van der Waals surface area contributed by atoms with Gasteiger partial charge in [-0.2, -0.15) is 18.2 Å². The van der Waals surface area contributed by atoms with Gasteiger partial charge in [-0.1, -0.05) is 42.4 Å². The third-order valence-electron chi connectivity index (χ3n) is 3.61. The number of amides is 1. The van der Waals surface area contributed by atoms with Crippen LogP contribution < -0.4 is 5.32 Å². The highest BCUT2D eigenvalue weighted by atomic mass is 19.4. The highest BCUT2D eigenvalue weighted by Gasteiger charge is 2.38. The number of ether oxygens (including phenoxy) is 1. The molecule has 1 heterocycles. The van der Waals surface area contributed by atoms with Gasteiger partial charge in [-0.15, -0.1) is 0 Å². The number of aliphatic hydroxyl groups excluding tert-OH is 1. The molecule has 0 spiro atoms. The second-order valence-electron chi connectivity index (χ2n) is 5.69. The molecule has 1 aromatic carbocycles. The Hall–Kier alpha value is -2.62. The van der Waals surface area contributed by atoms with E-state index >= 15 is 0 Å². The fourth-order valence-electron chi connectivity index (χ4n) is 2.17. The van der Waals surface area contributed by atoms with Crippen molar-refractivity contribution in [2.45, 2.75) is 32.2 Å². The maximum atomic E-state index is 12.5. The number of hydrogen-bond acceptors (Lipinski definition) is 6. The van der Waals surface area contributed by atoms with Crippen molar-refractivity contribution in [1.82, 2.24) is 15.5 Å². The van der Waals surface area contributed by atoms with Gasteiger partial charge in [0.05, 0.1) is 12.6 Å². The predicted molar refractivity (Wildman–Crippen MR) is 82.8 cm³/mol. The molecule has 2 aromatic rings. The van der Waals surface area contributed by atoms with Crippen LogP contribution >= 0.6 is 0 Å². The topological polar surface area (TPSA) is 97.5 Å². The Balaban J connectivity index is 1.86. The molecule has 2 atom stereocenters. The summed E-state index contributed by atoms with van der Waals surface area (Å²) >= 11 is 0. The van der Waals surface area contributed by atoms with Crippen LogP contribution in [0.15, 0.2) is 34.9 Å². The van der Waals surface area contributed by atoms with Crippen molar-refractivity contribution in [1.29, 1.82) is 0 Å². The van der Waals surface area contributed by atoms with Crippen LogP contribution in [0.1, 0.15) is 24.2 Å². The lowest BCUT2D eigenvalue weighted by Crippen LogP contribution is -2.43. The van der Waals surface area contributed by atoms with Crippen LogP contribution in [-0.2, 0) is 23.9 Å². The highest BCUT2D eigenvalue weighted by molar-refractivity contribution is 5.67. The summed E-state index contributed by atoms with van der Waals surface area (Å²) in [6, 6.07) is 8.26. The number of rotatable bonds is 7. The molecule has 1 aromatic heterocycles. The zero-order valence-electron chi connectivity index (χ0n) is 13.9. The summed E-state index contributed by atoms with van der Waals surface area (Å²) in [6.45, 7) is 1.26. The molecule has 2 N–H and O–H groups in total. The summed E-state index contributed by atoms with van der Waals surface area (Å²) in [4.78, 5) is 15.1. The first-order valence-electron chi connectivity index (χ1n) is 7.77. The minimum absolute atomic E-state index is 0.0240. The van der Waals surface area contributed by atoms with Crippen LogP contribution in [0.4, 0.5) is 18.0 Å². The number of carbonyl (C=O) groups is 1. The number of hydrogen-bond donors (Lipinski definition) is 2. The van der Waals surface area contributed by atoms with E-state index in [-0.39, 0.29) is 18.9 Å². The highest BCUT2D eigenvalue weighted by Crippen LogP contribution is 2.27. The standard InChI is InChI=1S/C16H18F3N3O4/c1-10(7-13-21-14(26-22-13)16(17,18)19)12(8-23)20-15(24)25-9-11-5-3-2-4-6-11/h2-6,10,12,23H,7-9H2,1H3,(H,20,24). The molecule has 142 valence electrons. The number of halogens is 3. The summed E-state index contributed by atoms with van der Waals surface area (Å²) in [7, 11) is 0. The van der Waals surface area contributed by atoms with Gasteiger partial charge in [0.25, 0.3) is 0 Å². The lowest BCUT2D eigenvalue weighted by molar-refractivity contribution is -0.159. The molecule has 0 radical (unpaired) electrons. The van der Waals surface area contributed by atoms with Gasteiger partial charge in [0.1, 0.15) is 6.61 Å². The SMILES string of the molecule is CC(Cc1noc(C(F)(F)F)n1)C(CO)NC(=O)OCc1ccccc1. The molecule has 0 aliphatic heterocycles. The number of alkyl carbamates (subject to hydrolysis) is 1. The summed E-state index contributed by atoms with van der Waals surface area (Å²) in [5, 5.41) is 15.2. The first-order chi connectivity index (χ1) is 12.3. The number of benzene rings is 1. The van der Waals surface area contributed by atoms with Crippen LogP contribution in [0.5, 0.6) is 0 Å². The molecule has 2 rings (SSSR count). The Morgan fingerprint density at radius 2 is 2.04 bits per heavy atom. The van der Waals surface area contributed by atoms with Gasteiger partial charge in [0, 0.05) is 6.42 Å². The average molecular weight is 373 g/mol. The Bertz CT molecular complexity index is 706. The third kappa shape index (κ3) is 5.73. The number of aliphatic hydroxyl groups is 1. The molecule has 10 heteroatoms. The number of nitrogens with zero attached hydrogens (tertiary/aromatic N) is 2. The Morgan fingerprint density at radius 3 is 2.62 bits per heavy atom. The summed E-state index contributed by atoms with van der Waals surface area (Å²) in [5.74, 6) is -2.05. The first kappa shape index (κ1) is 19.7. The maximum absolute atomic E-state index is 12.5. The van der Waals surface area contributed by atoms with E-state index < -0.39 is 36.7 Å². The molecule has 1 amide bonds. The minimum atomic E-state index is -4.72. The summed E-state index contributed by atoms with van der Waals surface area (Å²) in [6.07, 6.45) is -5.49. The quantitative estimate of drug-likeness (QED) is 0.774. The largest absolute Gasteiger partial charge is 0.471 e. The molecule has 0 saturated carbocycles. The molecule has 0 aliphatic rings. The Labute approximate surface area is 147 Å². The van der Waals surface area contributed by atoms with Gasteiger partial charge in [0.15, 0.2) is 5.82 Å². The molecule has 7 nitrogen and oxygen atoms in total. The van der Waals surface area contributed by atoms with Gasteiger partial charge in [-0.3, -0.25) is 0 Å². The van der Waals surface area contributed by atoms with Crippen LogP contribution in [0.2, 0.25) is 0 Å². The monoisotopic (exact) mass is 373 g/mol. The van der Waals surface area contributed by atoms with Crippen LogP contribution in [-0.4, -0.2) is 34.0 Å². The van der Waals surface area contributed by atoms with Gasteiger partial charge in [-0.25, -0.2) is 4.79 Å². The Kier molecular flexibility index (Phi) is 6.56. The molecule has 0 bridgehead atoms. The fourth-order valence-corrected chi connectivity index (χ4v) is 2.17. The van der Waals surface area contributed by atoms with Crippen molar-refractivity contribution >= 4 is 6.09 Å². The minimum Gasteiger partial charge on any atom is -0.445 e. The van der Waals surface area contributed by atoms with Gasteiger partial charge < -0.3 is 19.7 Å². The van der Waals surface area contributed by atoms with E-state index in [2.05, 4.69) is 20.0 Å². The second-order valence-corrected chi connectivity index (χ2v) is 5.69. The van der Waals surface area contributed by atoms with Crippen molar-refractivity contribution in [2.24, 2.45) is 5.92 Å². The number of aromatic nitrogens is 2. The molecule has 2 unspecified atom stereocenters. The lowest BCUT2D eigenvalue weighted by atomic mass is 9.99. The van der Waals surface area contributed by atoms with Crippen molar-refractivity contribution in [2.75, 3.05) is 6.61 Å². The van der Waals surface area contributed by atoms with E-state index in [0.29, 0.717) is 0 Å². The van der Waals surface area contributed by atoms with Gasteiger partial charge >= 0.3 is 18.2 Å². The van der Waals surface area contributed by atoms with Crippen LogP contribution in [0.25, 0.3) is 0 Å². The molecular formula is C16H18F3N3O4. The van der Waals surface area contributed by atoms with E-state index in [4.69, 9.17) is 4.74 Å². The predicted octanol–water partition coefficient (Wildman–Crippen LogP) is 2.55. The normalized spacial score (nSPS) is 13.9. The van der Waals surface area contributed by atoms with Crippen LogP contribution in [0, 0.1) is 5.92 Å². The van der Waals surface area contributed by atoms with E-state index in [1.54, 1.807) is 31.2 Å². The number of alkyl halides is 3. The van der Waals surface area contributed by atoms with Crippen molar-refractivity contribution in [3.63, 3.8) is 0 Å². The zero-order valence-corrected chi connectivity index (χ0v) is 13.9. The van der Waals surface area contributed by atoms with Crippen molar-refractivity contribution < 1.29 is 32.3 Å². The maximum Gasteiger partial charge on any atom is 0.471 e. The van der Waals surface area contributed by atoms with Crippen molar-refractivity contribution in [3.8, 4) is 0 Å². The summed E-state index contributed by atoms with van der Waals surface area (Å²) in [5.41, 5.74) is 0.794. The lowest BCUT2D eigenvalue weighted by Gasteiger charge is -2.22. The molecule has 0 aliphatic carbocycles. The summed E-state index contributed by atoms with van der Waals surface area (Å²) < 4.78 is 46.6. The average Bonchev–Trinajstić information content (AvgIpc) is 3.07. The van der Waals surface area contributed by atoms with E-state index in [0.717, 1.165) is 5.56 Å². The number of carbonyl (C=O) groups excluding carboxylic acids is 1. The zero-order chi connectivity index (χ0) is 19.2. The Morgan fingerprint density at radius 1 is 1.35 bits per heavy atom. The van der Waals surface area contributed by atoms with E-state index in [1.807, 2.05) is 6.07 Å². The number of nitrogens with one attached hydrogen (secondary N) is 1. The smallest absolute Gasteiger partial charge is 0.445 e. The van der Waals surface area contributed by atoms with Crippen molar-refractivity contribution in [3.05, 3.63) is 47.6 Å². The van der Waals surface area contributed by atoms with E-state index in [1.165, 1.54) is 0 Å². The van der Waals surface area contributed by atoms with E-state index in [9.17, 15) is 23.1 Å². The van der Waals surface area contributed by atoms with Crippen LogP contribution in [0.3, 0.4) is 0 Å². The molecule has 0 fully saturated rings. The first-order valence-corrected chi connectivity index (χ1v) is 7.77.